The predicted molar refractivity (Wildman–Crippen MR) is 66.2 cm³/mol. The number of rotatable bonds is 4. The van der Waals surface area contributed by atoms with Gasteiger partial charge in [0.25, 0.3) is 0 Å². The Morgan fingerprint density at radius 2 is 2.00 bits per heavy atom. The molecule has 8 heteroatoms. The van der Waals surface area contributed by atoms with Crippen LogP contribution in [0.2, 0.25) is 0 Å². The summed E-state index contributed by atoms with van der Waals surface area (Å²) in [6.07, 6.45) is 1.09. The van der Waals surface area contributed by atoms with Crippen LogP contribution in [-0.4, -0.2) is 14.9 Å². The minimum atomic E-state index is -0.564. The highest BCUT2D eigenvalue weighted by Crippen LogP contribution is 2.25. The van der Waals surface area contributed by atoms with Gasteiger partial charge in [-0.05, 0) is 12.1 Å². The largest absolute Gasteiger partial charge is 0.334 e. The molecule has 2 rings (SSSR count). The molecule has 0 atom stereocenters. The number of hydrazine groups is 1. The summed E-state index contributed by atoms with van der Waals surface area (Å²) in [6.45, 7) is 0. The number of benzene rings is 1. The van der Waals surface area contributed by atoms with E-state index in [0.717, 1.165) is 6.20 Å². The van der Waals surface area contributed by atoms with Crippen LogP contribution in [0.1, 0.15) is 0 Å². The van der Waals surface area contributed by atoms with Crippen molar-refractivity contribution in [2.24, 2.45) is 5.84 Å². The molecule has 18 heavy (non-hydrogen) atoms. The standard InChI is InChI=1S/C10H10N6O2/c11-15-10-12-6-8(16(17)18)9(14-10)13-7-4-2-1-3-5-7/h1-6H,11H2,(H2,12,13,14,15). The van der Waals surface area contributed by atoms with E-state index in [1.165, 1.54) is 0 Å². The smallest absolute Gasteiger partial charge is 0.329 e. The van der Waals surface area contributed by atoms with Gasteiger partial charge in [-0.2, -0.15) is 4.98 Å². The van der Waals surface area contributed by atoms with E-state index in [1.807, 2.05) is 6.07 Å². The number of nitrogens with one attached hydrogen (secondary N) is 2. The Balaban J connectivity index is 2.38. The number of anilines is 3. The van der Waals surface area contributed by atoms with E-state index in [0.29, 0.717) is 5.69 Å². The summed E-state index contributed by atoms with van der Waals surface area (Å²) in [5.41, 5.74) is 2.69. The molecule has 0 aliphatic rings. The average molecular weight is 246 g/mol. The number of aromatic nitrogens is 2. The zero-order valence-electron chi connectivity index (χ0n) is 9.20. The van der Waals surface area contributed by atoms with Gasteiger partial charge in [-0.15, -0.1) is 0 Å². The van der Waals surface area contributed by atoms with Gasteiger partial charge in [0.2, 0.25) is 11.8 Å². The fourth-order valence-corrected chi connectivity index (χ4v) is 1.33. The van der Waals surface area contributed by atoms with Gasteiger partial charge in [-0.1, -0.05) is 18.2 Å². The van der Waals surface area contributed by atoms with E-state index in [9.17, 15) is 10.1 Å². The molecule has 0 aliphatic heterocycles. The summed E-state index contributed by atoms with van der Waals surface area (Å²) in [5, 5.41) is 13.7. The molecule has 0 saturated heterocycles. The first-order valence-corrected chi connectivity index (χ1v) is 5.01. The molecule has 4 N–H and O–H groups in total. The van der Waals surface area contributed by atoms with Crippen LogP contribution in [-0.2, 0) is 0 Å². The van der Waals surface area contributed by atoms with Crippen molar-refractivity contribution in [2.45, 2.75) is 0 Å². The first-order valence-electron chi connectivity index (χ1n) is 5.01. The second-order valence-electron chi connectivity index (χ2n) is 3.32. The third-order valence-corrected chi connectivity index (χ3v) is 2.13. The molecule has 0 amide bonds. The van der Waals surface area contributed by atoms with Gasteiger partial charge in [0.05, 0.1) is 4.92 Å². The SMILES string of the molecule is NNc1ncc([N+](=O)[O-])c(Nc2ccccc2)n1. The quantitative estimate of drug-likeness (QED) is 0.424. The number of nitro groups is 1. The maximum atomic E-state index is 10.8. The first kappa shape index (κ1) is 11.7. The summed E-state index contributed by atoms with van der Waals surface area (Å²) < 4.78 is 0. The number of hydrogen-bond donors (Lipinski definition) is 3. The molecule has 92 valence electrons. The van der Waals surface area contributed by atoms with E-state index in [4.69, 9.17) is 5.84 Å². The number of nitrogens with two attached hydrogens (primary N) is 1. The lowest BCUT2D eigenvalue weighted by Gasteiger charge is -2.06. The lowest BCUT2D eigenvalue weighted by atomic mass is 10.3. The fourth-order valence-electron chi connectivity index (χ4n) is 1.33. The summed E-state index contributed by atoms with van der Waals surface area (Å²) in [7, 11) is 0. The van der Waals surface area contributed by atoms with Crippen LogP contribution >= 0.6 is 0 Å². The van der Waals surface area contributed by atoms with Crippen LogP contribution < -0.4 is 16.6 Å². The van der Waals surface area contributed by atoms with E-state index < -0.39 is 4.92 Å². The third-order valence-electron chi connectivity index (χ3n) is 2.13. The molecular weight excluding hydrogens is 236 g/mol. The van der Waals surface area contributed by atoms with Crippen molar-refractivity contribution in [3.8, 4) is 0 Å². The lowest BCUT2D eigenvalue weighted by Crippen LogP contribution is -2.12. The lowest BCUT2D eigenvalue weighted by molar-refractivity contribution is -0.384. The van der Waals surface area contributed by atoms with Crippen molar-refractivity contribution >= 4 is 23.1 Å². The fraction of sp³-hybridized carbons (Fsp3) is 0. The van der Waals surface area contributed by atoms with Crippen LogP contribution in [0.15, 0.2) is 36.5 Å². The molecule has 0 aliphatic carbocycles. The Morgan fingerprint density at radius 1 is 1.28 bits per heavy atom. The van der Waals surface area contributed by atoms with Crippen molar-refractivity contribution in [2.75, 3.05) is 10.7 Å². The van der Waals surface area contributed by atoms with E-state index >= 15 is 0 Å². The van der Waals surface area contributed by atoms with Gasteiger partial charge in [0.15, 0.2) is 0 Å². The van der Waals surface area contributed by atoms with E-state index in [1.54, 1.807) is 24.3 Å². The molecule has 8 nitrogen and oxygen atoms in total. The number of nitrogens with zero attached hydrogens (tertiary/aromatic N) is 3. The van der Waals surface area contributed by atoms with Gasteiger partial charge >= 0.3 is 5.69 Å². The van der Waals surface area contributed by atoms with Gasteiger partial charge in [-0.25, -0.2) is 10.8 Å². The third kappa shape index (κ3) is 2.50. The highest BCUT2D eigenvalue weighted by molar-refractivity contribution is 5.65. The highest BCUT2D eigenvalue weighted by Gasteiger charge is 2.17. The molecule has 1 aromatic heterocycles. The average Bonchev–Trinajstić information content (AvgIpc) is 2.39. The number of hydrogen-bond acceptors (Lipinski definition) is 7. The number of para-hydroxylation sites is 1. The van der Waals surface area contributed by atoms with Crippen LogP contribution in [0, 0.1) is 10.1 Å². The van der Waals surface area contributed by atoms with Crippen LogP contribution in [0.5, 0.6) is 0 Å². The molecule has 0 fully saturated rings. The first-order chi connectivity index (χ1) is 8.70. The molecule has 2 aromatic rings. The number of nitrogen functional groups attached to an aromatic ring is 1. The molecule has 0 radical (unpaired) electrons. The second kappa shape index (κ2) is 5.06. The van der Waals surface area contributed by atoms with Crippen molar-refractivity contribution in [3.05, 3.63) is 46.6 Å². The van der Waals surface area contributed by atoms with Gasteiger partial charge in [0.1, 0.15) is 6.20 Å². The maximum Gasteiger partial charge on any atom is 0.329 e. The van der Waals surface area contributed by atoms with E-state index in [-0.39, 0.29) is 17.5 Å². The topological polar surface area (TPSA) is 119 Å². The maximum absolute atomic E-state index is 10.8. The Hall–Kier alpha value is -2.74. The van der Waals surface area contributed by atoms with Gasteiger partial charge in [-0.3, -0.25) is 15.5 Å². The van der Waals surface area contributed by atoms with Crippen molar-refractivity contribution in [1.29, 1.82) is 0 Å². The van der Waals surface area contributed by atoms with E-state index in [2.05, 4.69) is 20.7 Å². The van der Waals surface area contributed by atoms with Crippen LogP contribution in [0.4, 0.5) is 23.1 Å². The summed E-state index contributed by atoms with van der Waals surface area (Å²) in [6, 6.07) is 8.98. The summed E-state index contributed by atoms with van der Waals surface area (Å²) >= 11 is 0. The molecule has 0 unspecified atom stereocenters. The molecule has 1 heterocycles. The normalized spacial score (nSPS) is 9.83. The molecule has 0 spiro atoms. The summed E-state index contributed by atoms with van der Waals surface area (Å²) in [5.74, 6) is 5.34. The minimum absolute atomic E-state index is 0.0779. The Labute approximate surface area is 102 Å². The van der Waals surface area contributed by atoms with Crippen molar-refractivity contribution in [3.63, 3.8) is 0 Å². The minimum Gasteiger partial charge on any atom is -0.334 e. The van der Waals surface area contributed by atoms with Gasteiger partial charge < -0.3 is 5.32 Å². The Bertz CT molecular complexity index is 560. The van der Waals surface area contributed by atoms with Crippen LogP contribution in [0.25, 0.3) is 0 Å². The molecule has 0 bridgehead atoms. The molecule has 1 aromatic carbocycles. The predicted octanol–water partition coefficient (Wildman–Crippen LogP) is 1.41. The molecular formula is C10H10N6O2. The Morgan fingerprint density at radius 3 is 2.61 bits per heavy atom. The molecule has 0 saturated carbocycles. The van der Waals surface area contributed by atoms with Gasteiger partial charge in [0, 0.05) is 5.69 Å². The van der Waals surface area contributed by atoms with Crippen molar-refractivity contribution < 1.29 is 4.92 Å². The monoisotopic (exact) mass is 246 g/mol. The van der Waals surface area contributed by atoms with Crippen LogP contribution in [0.3, 0.4) is 0 Å². The zero-order valence-corrected chi connectivity index (χ0v) is 9.20. The highest BCUT2D eigenvalue weighted by atomic mass is 16.6. The Kier molecular flexibility index (Phi) is 3.30. The summed E-state index contributed by atoms with van der Waals surface area (Å²) in [4.78, 5) is 17.9. The second-order valence-corrected chi connectivity index (χ2v) is 3.32. The van der Waals surface area contributed by atoms with Crippen molar-refractivity contribution in [1.82, 2.24) is 9.97 Å². The zero-order chi connectivity index (χ0) is 13.0.